The normalized spacial score (nSPS) is 33.9. The first kappa shape index (κ1) is 13.8. The van der Waals surface area contributed by atoms with Crippen LogP contribution in [-0.4, -0.2) is 21.0 Å². The third-order valence-corrected chi connectivity index (χ3v) is 6.27. The van der Waals surface area contributed by atoms with Gasteiger partial charge in [0, 0.05) is 12.6 Å². The molecule has 0 spiro atoms. The molecule has 3 aliphatic carbocycles. The van der Waals surface area contributed by atoms with Gasteiger partial charge in [-0.05, 0) is 62.3 Å². The van der Waals surface area contributed by atoms with Crippen LogP contribution in [0.25, 0.3) is 0 Å². The lowest BCUT2D eigenvalue weighted by Crippen LogP contribution is -2.20. The van der Waals surface area contributed by atoms with Gasteiger partial charge >= 0.3 is 0 Å². The zero-order valence-corrected chi connectivity index (χ0v) is 13.0. The first-order valence-electron chi connectivity index (χ1n) is 9.00. The van der Waals surface area contributed by atoms with Crippen LogP contribution < -0.4 is 0 Å². The Kier molecular flexibility index (Phi) is 3.78. The van der Waals surface area contributed by atoms with Crippen molar-refractivity contribution in [3.63, 3.8) is 0 Å². The lowest BCUT2D eigenvalue weighted by atomic mass is 9.84. The summed E-state index contributed by atoms with van der Waals surface area (Å²) in [4.78, 5) is 0. The van der Waals surface area contributed by atoms with Gasteiger partial charge in [0.25, 0.3) is 0 Å². The topological polar surface area (TPSA) is 38.0 Å². The highest BCUT2D eigenvalue weighted by Crippen LogP contribution is 2.49. The zero-order chi connectivity index (χ0) is 14.2. The molecule has 0 aromatic carbocycles. The van der Waals surface area contributed by atoms with E-state index < -0.39 is 0 Å². The maximum absolute atomic E-state index is 10.4. The molecule has 1 N–H and O–H groups in total. The molecule has 0 saturated heterocycles. The molecule has 1 heterocycles. The molecule has 21 heavy (non-hydrogen) atoms. The van der Waals surface area contributed by atoms with E-state index in [0.717, 1.165) is 36.3 Å². The Balaban J connectivity index is 1.31. The molecule has 116 valence electrons. The van der Waals surface area contributed by atoms with Crippen LogP contribution in [-0.2, 0) is 6.42 Å². The summed E-state index contributed by atoms with van der Waals surface area (Å²) in [6.07, 6.45) is 14.6. The SMILES string of the molecule is OC(Cc1ccn(C2CCCC2)n1)CC1CC2CCC1C2. The summed E-state index contributed by atoms with van der Waals surface area (Å²) in [7, 11) is 0. The minimum absolute atomic E-state index is 0.193. The van der Waals surface area contributed by atoms with E-state index in [1.54, 1.807) is 0 Å². The number of fused-ring (bicyclic) bond motifs is 2. The van der Waals surface area contributed by atoms with Gasteiger partial charge in [0.15, 0.2) is 0 Å². The van der Waals surface area contributed by atoms with Crippen molar-refractivity contribution in [1.82, 2.24) is 9.78 Å². The lowest BCUT2D eigenvalue weighted by Gasteiger charge is -2.23. The number of rotatable bonds is 5. The van der Waals surface area contributed by atoms with Crippen LogP contribution in [0.1, 0.15) is 69.5 Å². The molecule has 3 aliphatic rings. The van der Waals surface area contributed by atoms with Gasteiger partial charge in [0.1, 0.15) is 0 Å². The van der Waals surface area contributed by atoms with Crippen LogP contribution in [0.15, 0.2) is 12.3 Å². The van der Waals surface area contributed by atoms with Crippen LogP contribution in [0, 0.1) is 17.8 Å². The Hall–Kier alpha value is -0.830. The summed E-state index contributed by atoms with van der Waals surface area (Å²) in [6.45, 7) is 0. The third kappa shape index (κ3) is 2.90. The maximum Gasteiger partial charge on any atom is 0.0650 e. The van der Waals surface area contributed by atoms with Gasteiger partial charge in [-0.15, -0.1) is 0 Å². The van der Waals surface area contributed by atoms with E-state index in [4.69, 9.17) is 5.10 Å². The Bertz CT molecular complexity index is 477. The van der Waals surface area contributed by atoms with Crippen molar-refractivity contribution in [1.29, 1.82) is 0 Å². The molecule has 3 nitrogen and oxygen atoms in total. The zero-order valence-electron chi connectivity index (χ0n) is 13.0. The van der Waals surface area contributed by atoms with E-state index in [1.165, 1.54) is 51.4 Å². The van der Waals surface area contributed by atoms with E-state index in [9.17, 15) is 5.11 Å². The molecule has 4 rings (SSSR count). The average molecular weight is 288 g/mol. The van der Waals surface area contributed by atoms with Crippen LogP contribution in [0.3, 0.4) is 0 Å². The number of aromatic nitrogens is 2. The van der Waals surface area contributed by atoms with E-state index >= 15 is 0 Å². The summed E-state index contributed by atoms with van der Waals surface area (Å²) < 4.78 is 2.15. The molecule has 3 heteroatoms. The van der Waals surface area contributed by atoms with E-state index in [-0.39, 0.29) is 6.10 Å². The molecule has 3 fully saturated rings. The van der Waals surface area contributed by atoms with Gasteiger partial charge < -0.3 is 5.11 Å². The number of nitrogens with zero attached hydrogens (tertiary/aromatic N) is 2. The number of aliphatic hydroxyl groups is 1. The predicted octanol–water partition coefficient (Wildman–Crippen LogP) is 3.73. The Morgan fingerprint density at radius 1 is 1.19 bits per heavy atom. The first-order chi connectivity index (χ1) is 10.3. The molecular formula is C18H28N2O. The van der Waals surface area contributed by atoms with Crippen molar-refractivity contribution in [3.05, 3.63) is 18.0 Å². The highest BCUT2D eigenvalue weighted by atomic mass is 16.3. The number of hydrogen-bond acceptors (Lipinski definition) is 2. The number of aliphatic hydroxyl groups excluding tert-OH is 1. The summed E-state index contributed by atoms with van der Waals surface area (Å²) >= 11 is 0. The van der Waals surface area contributed by atoms with Crippen molar-refractivity contribution in [3.8, 4) is 0 Å². The fourth-order valence-corrected chi connectivity index (χ4v) is 5.20. The molecule has 0 aliphatic heterocycles. The highest BCUT2D eigenvalue weighted by Gasteiger charge is 2.39. The second kappa shape index (κ2) is 5.75. The summed E-state index contributed by atoms with van der Waals surface area (Å²) in [5, 5.41) is 15.1. The van der Waals surface area contributed by atoms with Crippen molar-refractivity contribution >= 4 is 0 Å². The van der Waals surface area contributed by atoms with Gasteiger partial charge in [0.2, 0.25) is 0 Å². The van der Waals surface area contributed by atoms with Gasteiger partial charge in [-0.25, -0.2) is 0 Å². The molecule has 3 saturated carbocycles. The van der Waals surface area contributed by atoms with Crippen molar-refractivity contribution < 1.29 is 5.11 Å². The van der Waals surface area contributed by atoms with Crippen LogP contribution in [0.4, 0.5) is 0 Å². The first-order valence-corrected chi connectivity index (χ1v) is 9.00. The van der Waals surface area contributed by atoms with Gasteiger partial charge in [0.05, 0.1) is 17.8 Å². The quantitative estimate of drug-likeness (QED) is 0.896. The van der Waals surface area contributed by atoms with E-state index in [1.807, 2.05) is 0 Å². The Morgan fingerprint density at radius 2 is 2.05 bits per heavy atom. The van der Waals surface area contributed by atoms with E-state index in [2.05, 4.69) is 16.9 Å². The fraction of sp³-hybridized carbons (Fsp3) is 0.833. The lowest BCUT2D eigenvalue weighted by molar-refractivity contribution is 0.123. The van der Waals surface area contributed by atoms with Crippen LogP contribution in [0.2, 0.25) is 0 Å². The van der Waals surface area contributed by atoms with Crippen molar-refractivity contribution in [2.45, 2.75) is 76.4 Å². The fourth-order valence-electron chi connectivity index (χ4n) is 5.20. The molecule has 1 aromatic heterocycles. The Labute approximate surface area is 127 Å². The Morgan fingerprint density at radius 3 is 2.76 bits per heavy atom. The summed E-state index contributed by atoms with van der Waals surface area (Å²) in [5.41, 5.74) is 1.08. The second-order valence-corrected chi connectivity index (χ2v) is 7.75. The second-order valence-electron chi connectivity index (χ2n) is 7.75. The van der Waals surface area contributed by atoms with Crippen LogP contribution in [0.5, 0.6) is 0 Å². The van der Waals surface area contributed by atoms with Gasteiger partial charge in [-0.2, -0.15) is 5.10 Å². The van der Waals surface area contributed by atoms with Gasteiger partial charge in [-0.3, -0.25) is 4.68 Å². The van der Waals surface area contributed by atoms with Gasteiger partial charge in [-0.1, -0.05) is 19.3 Å². The smallest absolute Gasteiger partial charge is 0.0650 e. The van der Waals surface area contributed by atoms with Crippen molar-refractivity contribution in [2.75, 3.05) is 0 Å². The monoisotopic (exact) mass is 288 g/mol. The predicted molar refractivity (Wildman–Crippen MR) is 83.0 cm³/mol. The molecule has 2 bridgehead atoms. The molecule has 0 amide bonds. The van der Waals surface area contributed by atoms with Crippen molar-refractivity contribution in [2.24, 2.45) is 17.8 Å². The number of hydrogen-bond donors (Lipinski definition) is 1. The average Bonchev–Trinajstić information content (AvgIpc) is 3.23. The molecule has 1 aromatic rings. The summed E-state index contributed by atoms with van der Waals surface area (Å²) in [6, 6.07) is 2.73. The van der Waals surface area contributed by atoms with Crippen LogP contribution >= 0.6 is 0 Å². The maximum atomic E-state index is 10.4. The third-order valence-electron chi connectivity index (χ3n) is 6.27. The largest absolute Gasteiger partial charge is 0.393 e. The molecule has 0 radical (unpaired) electrons. The molecular weight excluding hydrogens is 260 g/mol. The highest BCUT2D eigenvalue weighted by molar-refractivity contribution is 5.02. The summed E-state index contributed by atoms with van der Waals surface area (Å²) in [5.74, 6) is 2.69. The standard InChI is InChI=1S/C18H28N2O/c21-18(11-15-10-13-5-6-14(15)9-13)12-16-7-8-20(19-16)17-3-1-2-4-17/h7-8,13-15,17-18,21H,1-6,9-12H2. The van der Waals surface area contributed by atoms with E-state index in [0.29, 0.717) is 6.04 Å². The minimum atomic E-state index is -0.193. The molecule has 4 unspecified atom stereocenters. The minimum Gasteiger partial charge on any atom is -0.393 e. The molecule has 4 atom stereocenters.